The Balaban J connectivity index is 2.12. The number of rotatable bonds is 6. The Kier molecular flexibility index (Phi) is 5.59. The molecule has 0 amide bonds. The molecule has 4 heteroatoms. The SMILES string of the molecule is COc1ccc(Br)cc1CC(Cc1ccccc1)NN. The van der Waals surface area contributed by atoms with E-state index in [9.17, 15) is 0 Å². The maximum absolute atomic E-state index is 5.70. The molecule has 2 rings (SSSR count). The minimum atomic E-state index is 0.167. The number of hydrazine groups is 1. The first-order valence-electron chi connectivity index (χ1n) is 6.55. The van der Waals surface area contributed by atoms with Crippen molar-refractivity contribution in [2.75, 3.05) is 7.11 Å². The van der Waals surface area contributed by atoms with E-state index in [0.717, 1.165) is 28.6 Å². The smallest absolute Gasteiger partial charge is 0.122 e. The van der Waals surface area contributed by atoms with Crippen LogP contribution in [0.5, 0.6) is 5.75 Å². The minimum absolute atomic E-state index is 0.167. The molecule has 106 valence electrons. The lowest BCUT2D eigenvalue weighted by Crippen LogP contribution is -2.38. The Hall–Kier alpha value is -1.36. The molecule has 0 saturated heterocycles. The molecule has 0 aliphatic heterocycles. The van der Waals surface area contributed by atoms with Crippen LogP contribution in [-0.4, -0.2) is 13.2 Å². The summed E-state index contributed by atoms with van der Waals surface area (Å²) >= 11 is 3.50. The molecule has 0 aliphatic rings. The van der Waals surface area contributed by atoms with Crippen LogP contribution >= 0.6 is 15.9 Å². The van der Waals surface area contributed by atoms with E-state index in [-0.39, 0.29) is 6.04 Å². The fraction of sp³-hybridized carbons (Fsp3) is 0.250. The van der Waals surface area contributed by atoms with E-state index in [0.29, 0.717) is 0 Å². The van der Waals surface area contributed by atoms with E-state index in [1.54, 1.807) is 7.11 Å². The van der Waals surface area contributed by atoms with Crippen LogP contribution in [-0.2, 0) is 12.8 Å². The number of nitrogens with two attached hydrogens (primary N) is 1. The van der Waals surface area contributed by atoms with E-state index in [1.165, 1.54) is 5.56 Å². The largest absolute Gasteiger partial charge is 0.496 e. The molecule has 0 heterocycles. The van der Waals surface area contributed by atoms with Gasteiger partial charge < -0.3 is 4.74 Å². The quantitative estimate of drug-likeness (QED) is 0.630. The Morgan fingerprint density at radius 1 is 1.15 bits per heavy atom. The summed E-state index contributed by atoms with van der Waals surface area (Å²) in [4.78, 5) is 0. The molecule has 2 aromatic rings. The second-order valence-corrected chi connectivity index (χ2v) is 5.63. The van der Waals surface area contributed by atoms with Crippen LogP contribution < -0.4 is 16.0 Å². The number of ether oxygens (including phenoxy) is 1. The van der Waals surface area contributed by atoms with Gasteiger partial charge in [-0.3, -0.25) is 11.3 Å². The highest BCUT2D eigenvalue weighted by molar-refractivity contribution is 9.10. The lowest BCUT2D eigenvalue weighted by atomic mass is 9.99. The number of methoxy groups -OCH3 is 1. The van der Waals surface area contributed by atoms with Crippen LogP contribution in [0.2, 0.25) is 0 Å². The van der Waals surface area contributed by atoms with Gasteiger partial charge in [0.1, 0.15) is 5.75 Å². The minimum Gasteiger partial charge on any atom is -0.496 e. The molecule has 0 radical (unpaired) electrons. The summed E-state index contributed by atoms with van der Waals surface area (Å²) in [5.74, 6) is 6.59. The molecule has 0 bridgehead atoms. The van der Waals surface area contributed by atoms with Crippen LogP contribution in [0, 0.1) is 0 Å². The van der Waals surface area contributed by atoms with E-state index in [4.69, 9.17) is 10.6 Å². The van der Waals surface area contributed by atoms with E-state index in [1.807, 2.05) is 30.3 Å². The van der Waals surface area contributed by atoms with Gasteiger partial charge >= 0.3 is 0 Å². The first kappa shape index (κ1) is 15.0. The maximum atomic E-state index is 5.70. The zero-order valence-corrected chi connectivity index (χ0v) is 13.1. The molecule has 0 saturated carbocycles. The van der Waals surface area contributed by atoms with Crippen LogP contribution in [0.25, 0.3) is 0 Å². The van der Waals surface area contributed by atoms with Crippen molar-refractivity contribution in [2.45, 2.75) is 18.9 Å². The van der Waals surface area contributed by atoms with Gasteiger partial charge in [-0.05, 0) is 42.2 Å². The molecule has 1 unspecified atom stereocenters. The molecule has 2 aromatic carbocycles. The molecular weight excluding hydrogens is 316 g/mol. The van der Waals surface area contributed by atoms with Crippen molar-refractivity contribution in [3.8, 4) is 5.75 Å². The molecule has 0 spiro atoms. The first-order chi connectivity index (χ1) is 9.72. The molecular formula is C16H19BrN2O. The summed E-state index contributed by atoms with van der Waals surface area (Å²) in [6.45, 7) is 0. The molecule has 3 N–H and O–H groups in total. The summed E-state index contributed by atoms with van der Waals surface area (Å²) in [6.07, 6.45) is 1.70. The second kappa shape index (κ2) is 7.43. The van der Waals surface area contributed by atoms with Gasteiger partial charge in [-0.2, -0.15) is 0 Å². The van der Waals surface area contributed by atoms with Crippen molar-refractivity contribution in [3.05, 3.63) is 64.1 Å². The van der Waals surface area contributed by atoms with Gasteiger partial charge in [0.25, 0.3) is 0 Å². The molecule has 0 aromatic heterocycles. The van der Waals surface area contributed by atoms with Crippen molar-refractivity contribution >= 4 is 15.9 Å². The molecule has 3 nitrogen and oxygen atoms in total. The third kappa shape index (κ3) is 4.07. The van der Waals surface area contributed by atoms with Gasteiger partial charge in [0.2, 0.25) is 0 Å². The highest BCUT2D eigenvalue weighted by Crippen LogP contribution is 2.24. The topological polar surface area (TPSA) is 47.3 Å². The summed E-state index contributed by atoms with van der Waals surface area (Å²) in [5, 5.41) is 0. The summed E-state index contributed by atoms with van der Waals surface area (Å²) in [5.41, 5.74) is 5.31. The normalized spacial score (nSPS) is 12.2. The number of benzene rings is 2. The van der Waals surface area contributed by atoms with Crippen LogP contribution in [0.15, 0.2) is 53.0 Å². The second-order valence-electron chi connectivity index (χ2n) is 4.71. The third-order valence-corrected chi connectivity index (χ3v) is 3.76. The number of hydrogen-bond donors (Lipinski definition) is 2. The van der Waals surface area contributed by atoms with E-state index in [2.05, 4.69) is 39.6 Å². The van der Waals surface area contributed by atoms with Gasteiger partial charge in [-0.25, -0.2) is 0 Å². The standard InChI is InChI=1S/C16H19BrN2O/c1-20-16-8-7-14(17)10-13(16)11-15(19-18)9-12-5-3-2-4-6-12/h2-8,10,15,19H,9,11,18H2,1H3. The van der Waals surface area contributed by atoms with Crippen molar-refractivity contribution in [3.63, 3.8) is 0 Å². The lowest BCUT2D eigenvalue weighted by molar-refractivity contribution is 0.404. The Bertz CT molecular complexity index is 545. The van der Waals surface area contributed by atoms with Gasteiger partial charge in [-0.1, -0.05) is 46.3 Å². The lowest BCUT2D eigenvalue weighted by Gasteiger charge is -2.18. The van der Waals surface area contributed by atoms with Crippen LogP contribution in [0.3, 0.4) is 0 Å². The van der Waals surface area contributed by atoms with Crippen molar-refractivity contribution in [1.82, 2.24) is 5.43 Å². The first-order valence-corrected chi connectivity index (χ1v) is 7.34. The van der Waals surface area contributed by atoms with Crippen molar-refractivity contribution in [2.24, 2.45) is 5.84 Å². The molecule has 1 atom stereocenters. The van der Waals surface area contributed by atoms with Crippen LogP contribution in [0.1, 0.15) is 11.1 Å². The highest BCUT2D eigenvalue weighted by atomic mass is 79.9. The fourth-order valence-corrected chi connectivity index (χ4v) is 2.67. The predicted octanol–water partition coefficient (Wildman–Crippen LogP) is 3.07. The monoisotopic (exact) mass is 334 g/mol. The van der Waals surface area contributed by atoms with E-state index < -0.39 is 0 Å². The zero-order valence-electron chi connectivity index (χ0n) is 11.5. The zero-order chi connectivity index (χ0) is 14.4. The van der Waals surface area contributed by atoms with Gasteiger partial charge in [0.15, 0.2) is 0 Å². The summed E-state index contributed by atoms with van der Waals surface area (Å²) in [6, 6.07) is 16.5. The fourth-order valence-electron chi connectivity index (χ4n) is 2.26. The Morgan fingerprint density at radius 2 is 1.90 bits per heavy atom. The Labute approximate surface area is 128 Å². The predicted molar refractivity (Wildman–Crippen MR) is 85.7 cm³/mol. The molecule has 20 heavy (non-hydrogen) atoms. The molecule has 0 fully saturated rings. The summed E-state index contributed by atoms with van der Waals surface area (Å²) in [7, 11) is 1.69. The van der Waals surface area contributed by atoms with E-state index >= 15 is 0 Å². The third-order valence-electron chi connectivity index (χ3n) is 3.27. The van der Waals surface area contributed by atoms with Gasteiger partial charge in [0, 0.05) is 10.5 Å². The van der Waals surface area contributed by atoms with Gasteiger partial charge in [0.05, 0.1) is 7.11 Å². The Morgan fingerprint density at radius 3 is 2.55 bits per heavy atom. The van der Waals surface area contributed by atoms with Crippen molar-refractivity contribution in [1.29, 1.82) is 0 Å². The van der Waals surface area contributed by atoms with Crippen LogP contribution in [0.4, 0.5) is 0 Å². The average molecular weight is 335 g/mol. The maximum Gasteiger partial charge on any atom is 0.122 e. The summed E-state index contributed by atoms with van der Waals surface area (Å²) < 4.78 is 6.45. The highest BCUT2D eigenvalue weighted by Gasteiger charge is 2.12. The average Bonchev–Trinajstić information content (AvgIpc) is 2.48. The number of nitrogens with one attached hydrogen (secondary N) is 1. The number of hydrogen-bond acceptors (Lipinski definition) is 3. The molecule has 0 aliphatic carbocycles. The number of halogens is 1. The van der Waals surface area contributed by atoms with Gasteiger partial charge in [-0.15, -0.1) is 0 Å². The van der Waals surface area contributed by atoms with Crippen molar-refractivity contribution < 1.29 is 4.74 Å².